The van der Waals surface area contributed by atoms with Crippen LogP contribution in [-0.2, 0) is 0 Å². The highest BCUT2D eigenvalue weighted by Gasteiger charge is 2.16. The largest absolute Gasteiger partial charge is 0.423 e. The van der Waals surface area contributed by atoms with Gasteiger partial charge in [-0.1, -0.05) is 48.5 Å². The molecule has 0 heterocycles. The third-order valence-corrected chi connectivity index (χ3v) is 4.45. The van der Waals surface area contributed by atoms with E-state index in [0.717, 1.165) is 11.1 Å². The Kier molecular flexibility index (Phi) is 5.10. The maximum absolute atomic E-state index is 12.5. The minimum absolute atomic E-state index is 0.0214. The molecule has 3 rings (SSSR count). The molecule has 25 heavy (non-hydrogen) atoms. The lowest BCUT2D eigenvalue weighted by molar-refractivity contribution is 0.0733. The minimum atomic E-state index is -0.458. The summed E-state index contributed by atoms with van der Waals surface area (Å²) in [6, 6.07) is 21.6. The third-order valence-electron chi connectivity index (χ3n) is 3.76. The van der Waals surface area contributed by atoms with Crippen LogP contribution in [0.5, 0.6) is 5.75 Å². The second kappa shape index (κ2) is 7.45. The Morgan fingerprint density at radius 2 is 1.52 bits per heavy atom. The van der Waals surface area contributed by atoms with E-state index in [1.165, 1.54) is 6.92 Å². The molecule has 0 atom stereocenters. The molecule has 4 heteroatoms. The van der Waals surface area contributed by atoms with Crippen molar-refractivity contribution in [2.75, 3.05) is 0 Å². The molecular weight excluding hydrogens is 380 g/mol. The number of rotatable bonds is 4. The number of hydrogen-bond donors (Lipinski definition) is 0. The van der Waals surface area contributed by atoms with Crippen molar-refractivity contribution in [3.05, 3.63) is 88.4 Å². The monoisotopic (exact) mass is 394 g/mol. The van der Waals surface area contributed by atoms with Gasteiger partial charge in [0.25, 0.3) is 0 Å². The first-order chi connectivity index (χ1) is 12.1. The molecule has 0 unspecified atom stereocenters. The maximum atomic E-state index is 12.5. The van der Waals surface area contributed by atoms with Gasteiger partial charge in [0.2, 0.25) is 0 Å². The first-order valence-corrected chi connectivity index (χ1v) is 8.52. The fraction of sp³-hybridized carbons (Fsp3) is 0.0476. The van der Waals surface area contributed by atoms with E-state index < -0.39 is 5.97 Å². The number of ether oxygens (including phenoxy) is 1. The van der Waals surface area contributed by atoms with Crippen LogP contribution in [0.15, 0.2) is 77.3 Å². The number of carbonyl (C=O) groups is 2. The summed E-state index contributed by atoms with van der Waals surface area (Å²) < 4.78 is 6.05. The topological polar surface area (TPSA) is 43.4 Å². The smallest absolute Gasteiger partial charge is 0.344 e. The summed E-state index contributed by atoms with van der Waals surface area (Å²) in [5.41, 5.74) is 2.59. The summed E-state index contributed by atoms with van der Waals surface area (Å²) in [5.74, 6) is 0.00102. The maximum Gasteiger partial charge on any atom is 0.344 e. The number of Topliss-reactive ketones (excluding diaryl/α,β-unsaturated/α-hetero) is 1. The first-order valence-electron chi connectivity index (χ1n) is 7.73. The number of carbonyl (C=O) groups excluding carboxylic acids is 2. The van der Waals surface area contributed by atoms with Crippen LogP contribution in [0, 0.1) is 0 Å². The minimum Gasteiger partial charge on any atom is -0.423 e. The molecule has 0 radical (unpaired) electrons. The van der Waals surface area contributed by atoms with Gasteiger partial charge in [0, 0.05) is 10.0 Å². The molecule has 0 aliphatic heterocycles. The zero-order valence-corrected chi connectivity index (χ0v) is 15.1. The van der Waals surface area contributed by atoms with Crippen molar-refractivity contribution in [2.24, 2.45) is 0 Å². The summed E-state index contributed by atoms with van der Waals surface area (Å²) >= 11 is 3.40. The summed E-state index contributed by atoms with van der Waals surface area (Å²) in [6.07, 6.45) is 0. The van der Waals surface area contributed by atoms with Gasteiger partial charge in [0.05, 0.1) is 5.56 Å². The van der Waals surface area contributed by atoms with Gasteiger partial charge in [-0.2, -0.15) is 0 Å². The van der Waals surface area contributed by atoms with Crippen LogP contribution in [0.25, 0.3) is 11.1 Å². The van der Waals surface area contributed by atoms with E-state index in [-0.39, 0.29) is 5.78 Å². The lowest BCUT2D eigenvalue weighted by Crippen LogP contribution is -2.09. The Balaban J connectivity index is 1.99. The molecule has 0 amide bonds. The molecule has 0 saturated heterocycles. The van der Waals surface area contributed by atoms with Crippen molar-refractivity contribution in [2.45, 2.75) is 6.92 Å². The lowest BCUT2D eigenvalue weighted by atomic mass is 9.96. The fourth-order valence-electron chi connectivity index (χ4n) is 2.54. The Morgan fingerprint density at radius 1 is 0.840 bits per heavy atom. The Morgan fingerprint density at radius 3 is 2.24 bits per heavy atom. The average Bonchev–Trinajstić information content (AvgIpc) is 2.63. The number of ketones is 1. The van der Waals surface area contributed by atoms with Crippen molar-refractivity contribution >= 4 is 27.7 Å². The van der Waals surface area contributed by atoms with Gasteiger partial charge in [0.1, 0.15) is 5.75 Å². The number of hydrogen-bond acceptors (Lipinski definition) is 3. The normalized spacial score (nSPS) is 10.3. The van der Waals surface area contributed by atoms with Crippen molar-refractivity contribution in [3.63, 3.8) is 0 Å². The van der Waals surface area contributed by atoms with Crippen LogP contribution < -0.4 is 4.74 Å². The molecule has 0 spiro atoms. The van der Waals surface area contributed by atoms with Gasteiger partial charge in [0.15, 0.2) is 5.78 Å². The van der Waals surface area contributed by atoms with Crippen LogP contribution in [0.4, 0.5) is 0 Å². The van der Waals surface area contributed by atoms with Crippen LogP contribution >= 0.6 is 15.9 Å². The van der Waals surface area contributed by atoms with Gasteiger partial charge < -0.3 is 4.74 Å². The molecular formula is C21H15BrO3. The molecule has 0 N–H and O–H groups in total. The predicted octanol–water partition coefficient (Wildman–Crippen LogP) is 5.54. The van der Waals surface area contributed by atoms with Gasteiger partial charge in [-0.25, -0.2) is 4.79 Å². The van der Waals surface area contributed by atoms with E-state index in [4.69, 9.17) is 4.74 Å². The van der Waals surface area contributed by atoms with Crippen molar-refractivity contribution < 1.29 is 14.3 Å². The summed E-state index contributed by atoms with van der Waals surface area (Å²) in [4.78, 5) is 24.4. The van der Waals surface area contributed by atoms with Crippen LogP contribution in [0.2, 0.25) is 0 Å². The second-order valence-electron chi connectivity index (χ2n) is 5.50. The molecule has 3 aromatic carbocycles. The first kappa shape index (κ1) is 17.1. The SMILES string of the molecule is CC(=O)c1ccccc1-c1ccc(Br)c(C(=O)Oc2ccccc2)c1. The van der Waals surface area contributed by atoms with E-state index in [2.05, 4.69) is 15.9 Å². The number of halogens is 1. The van der Waals surface area contributed by atoms with Crippen LogP contribution in [-0.4, -0.2) is 11.8 Å². The van der Waals surface area contributed by atoms with Crippen molar-refractivity contribution in [1.29, 1.82) is 0 Å². The van der Waals surface area contributed by atoms with Gasteiger partial charge in [-0.15, -0.1) is 0 Å². The molecule has 0 aliphatic rings. The zero-order valence-electron chi connectivity index (χ0n) is 13.5. The molecule has 0 fully saturated rings. The second-order valence-corrected chi connectivity index (χ2v) is 6.35. The van der Waals surface area contributed by atoms with E-state index in [1.807, 2.05) is 30.3 Å². The molecule has 0 saturated carbocycles. The zero-order chi connectivity index (χ0) is 17.8. The summed E-state index contributed by atoms with van der Waals surface area (Å²) in [6.45, 7) is 1.53. The Bertz CT molecular complexity index is 933. The fourth-order valence-corrected chi connectivity index (χ4v) is 2.95. The molecule has 3 aromatic rings. The molecule has 0 aromatic heterocycles. The standard InChI is InChI=1S/C21H15BrO3/c1-14(23)17-9-5-6-10-18(17)15-11-12-20(22)19(13-15)21(24)25-16-7-3-2-4-8-16/h2-13H,1H3. The molecule has 124 valence electrons. The Labute approximate surface area is 154 Å². The highest BCUT2D eigenvalue weighted by atomic mass is 79.9. The van der Waals surface area contributed by atoms with Gasteiger partial charge >= 0.3 is 5.97 Å². The van der Waals surface area contributed by atoms with Gasteiger partial charge in [-0.3, -0.25) is 4.79 Å². The highest BCUT2D eigenvalue weighted by molar-refractivity contribution is 9.10. The van der Waals surface area contributed by atoms with Crippen LogP contribution in [0.1, 0.15) is 27.6 Å². The van der Waals surface area contributed by atoms with E-state index in [9.17, 15) is 9.59 Å². The summed E-state index contributed by atoms with van der Waals surface area (Å²) in [7, 11) is 0. The number of esters is 1. The van der Waals surface area contributed by atoms with E-state index >= 15 is 0 Å². The van der Waals surface area contributed by atoms with E-state index in [0.29, 0.717) is 21.3 Å². The average molecular weight is 395 g/mol. The van der Waals surface area contributed by atoms with E-state index in [1.54, 1.807) is 42.5 Å². The quantitative estimate of drug-likeness (QED) is 0.331. The van der Waals surface area contributed by atoms with Crippen molar-refractivity contribution in [3.8, 4) is 16.9 Å². The van der Waals surface area contributed by atoms with Crippen LogP contribution in [0.3, 0.4) is 0 Å². The third kappa shape index (κ3) is 3.86. The lowest BCUT2D eigenvalue weighted by Gasteiger charge is -2.11. The highest BCUT2D eigenvalue weighted by Crippen LogP contribution is 2.29. The Hall–Kier alpha value is -2.72. The summed E-state index contributed by atoms with van der Waals surface area (Å²) in [5, 5.41) is 0. The number of benzene rings is 3. The molecule has 3 nitrogen and oxygen atoms in total. The van der Waals surface area contributed by atoms with Crippen molar-refractivity contribution in [1.82, 2.24) is 0 Å². The predicted molar refractivity (Wildman–Crippen MR) is 101 cm³/mol. The molecule has 0 bridgehead atoms. The molecule has 0 aliphatic carbocycles. The number of para-hydroxylation sites is 1. The van der Waals surface area contributed by atoms with Gasteiger partial charge in [-0.05, 0) is 58.2 Å².